The Bertz CT molecular complexity index is 897. The van der Waals surface area contributed by atoms with Crippen LogP contribution in [0.1, 0.15) is 66.4 Å². The van der Waals surface area contributed by atoms with Crippen molar-refractivity contribution in [3.05, 3.63) is 23.8 Å². The molecule has 0 aromatic heterocycles. The molecule has 0 saturated heterocycles. The van der Waals surface area contributed by atoms with Gasteiger partial charge in [0.2, 0.25) is 0 Å². The van der Waals surface area contributed by atoms with E-state index in [9.17, 15) is 24.3 Å². The Labute approximate surface area is 206 Å². The Morgan fingerprint density at radius 1 is 0.943 bits per heavy atom. The fourth-order valence-electron chi connectivity index (χ4n) is 3.09. The monoisotopic (exact) mass is 495 g/mol. The summed E-state index contributed by atoms with van der Waals surface area (Å²) in [6, 6.07) is 4.00. The van der Waals surface area contributed by atoms with Crippen molar-refractivity contribution in [3.63, 3.8) is 0 Å². The lowest BCUT2D eigenvalue weighted by molar-refractivity contribution is -0.166. The second-order valence-electron chi connectivity index (χ2n) is 9.24. The number of rotatable bonds is 13. The summed E-state index contributed by atoms with van der Waals surface area (Å²) in [5, 5.41) is 12.8. The van der Waals surface area contributed by atoms with Crippen LogP contribution in [0.3, 0.4) is 0 Å². The summed E-state index contributed by atoms with van der Waals surface area (Å²) in [4.78, 5) is 48.8. The third-order valence-electron chi connectivity index (χ3n) is 4.92. The van der Waals surface area contributed by atoms with Crippen molar-refractivity contribution in [3.8, 4) is 11.5 Å². The number of carboxylic acids is 1. The van der Waals surface area contributed by atoms with Gasteiger partial charge in [0.05, 0.1) is 7.11 Å². The van der Waals surface area contributed by atoms with Crippen molar-refractivity contribution in [2.75, 3.05) is 7.11 Å². The molecule has 0 heterocycles. The molecule has 1 aromatic carbocycles. The summed E-state index contributed by atoms with van der Waals surface area (Å²) in [7, 11) is 1.07. The molecule has 0 amide bonds. The highest BCUT2D eigenvalue weighted by Crippen LogP contribution is 2.32. The summed E-state index contributed by atoms with van der Waals surface area (Å²) in [6.45, 7) is 11.0. The lowest BCUT2D eigenvalue weighted by Gasteiger charge is -2.32. The Kier molecular flexibility index (Phi) is 11.7. The maximum Gasteiger partial charge on any atom is 0.510 e. The molecular weight excluding hydrogens is 458 g/mol. The summed E-state index contributed by atoms with van der Waals surface area (Å²) in [5.74, 6) is -2.38. The molecule has 0 saturated carbocycles. The van der Waals surface area contributed by atoms with Crippen LogP contribution in [0.2, 0.25) is 0 Å². The van der Waals surface area contributed by atoms with E-state index in [0.717, 1.165) is 7.11 Å². The Balaban J connectivity index is 3.42. The van der Waals surface area contributed by atoms with Crippen LogP contribution < -0.4 is 14.8 Å². The van der Waals surface area contributed by atoms with Gasteiger partial charge in [-0.1, -0.05) is 40.7 Å². The Morgan fingerprint density at radius 2 is 1.49 bits per heavy atom. The zero-order valence-corrected chi connectivity index (χ0v) is 21.5. The van der Waals surface area contributed by atoms with Crippen LogP contribution in [0.5, 0.6) is 11.5 Å². The van der Waals surface area contributed by atoms with Gasteiger partial charge in [-0.15, -0.1) is 0 Å². The van der Waals surface area contributed by atoms with Gasteiger partial charge in [-0.2, -0.15) is 0 Å². The number of hydrogen-bond donors (Lipinski definition) is 2. The van der Waals surface area contributed by atoms with Crippen molar-refractivity contribution in [1.29, 1.82) is 0 Å². The fraction of sp³-hybridized carbons (Fsp3) is 0.600. The van der Waals surface area contributed by atoms with Crippen molar-refractivity contribution < 1.29 is 43.2 Å². The van der Waals surface area contributed by atoms with Crippen LogP contribution >= 0.6 is 0 Å². The van der Waals surface area contributed by atoms with Gasteiger partial charge in [-0.25, -0.2) is 9.59 Å². The molecule has 2 N–H and O–H groups in total. The quantitative estimate of drug-likeness (QED) is 0.234. The molecule has 1 aromatic rings. The highest BCUT2D eigenvalue weighted by Gasteiger charge is 2.44. The maximum atomic E-state index is 12.4. The molecule has 196 valence electrons. The number of carboxylic acid groups (broad SMARTS) is 1. The summed E-state index contributed by atoms with van der Waals surface area (Å²) < 4.78 is 20.6. The first kappa shape index (κ1) is 29.9. The molecule has 35 heavy (non-hydrogen) atoms. The standard InChI is InChI=1S/C25H37NO9/c1-8-17(6)26-25(23(29)30,35-24(31)32-7)14-18-9-10-19(33-21(27)11-15(2)3)20(13-18)34-22(28)12-16(4)5/h9-10,13,15-17,26H,8,11-12,14H2,1-7H3,(H,29,30)/t17?,25-/m0/s1. The number of carbonyl (C=O) groups excluding carboxylic acids is 3. The second-order valence-corrected chi connectivity index (χ2v) is 9.24. The van der Waals surface area contributed by atoms with Gasteiger partial charge in [-0.3, -0.25) is 14.9 Å². The van der Waals surface area contributed by atoms with Gasteiger partial charge in [0.15, 0.2) is 11.5 Å². The minimum atomic E-state index is -2.16. The lowest BCUT2D eigenvalue weighted by atomic mass is 10.00. The topological polar surface area (TPSA) is 137 Å². The number of nitrogens with one attached hydrogen (secondary N) is 1. The largest absolute Gasteiger partial charge is 0.510 e. The van der Waals surface area contributed by atoms with E-state index in [4.69, 9.17) is 14.2 Å². The summed E-state index contributed by atoms with van der Waals surface area (Å²) in [6.07, 6.45) is -0.649. The molecule has 0 aliphatic carbocycles. The molecule has 0 aliphatic rings. The number of esters is 2. The number of benzene rings is 1. The molecule has 0 radical (unpaired) electrons. The zero-order valence-electron chi connectivity index (χ0n) is 21.5. The van der Waals surface area contributed by atoms with Crippen molar-refractivity contribution in [2.24, 2.45) is 11.8 Å². The van der Waals surface area contributed by atoms with E-state index in [2.05, 4.69) is 10.1 Å². The number of hydrogen-bond acceptors (Lipinski definition) is 9. The van der Waals surface area contributed by atoms with Gasteiger partial charge in [0.1, 0.15) is 0 Å². The molecular formula is C25H37NO9. The molecule has 1 unspecified atom stereocenters. The van der Waals surface area contributed by atoms with E-state index in [1.165, 1.54) is 18.2 Å². The molecule has 1 rings (SSSR count). The second kappa shape index (κ2) is 13.7. The smallest absolute Gasteiger partial charge is 0.477 e. The summed E-state index contributed by atoms with van der Waals surface area (Å²) in [5.41, 5.74) is -1.81. The van der Waals surface area contributed by atoms with Crippen molar-refractivity contribution >= 4 is 24.1 Å². The molecule has 0 bridgehead atoms. The van der Waals surface area contributed by atoms with Gasteiger partial charge in [-0.05, 0) is 42.9 Å². The van der Waals surface area contributed by atoms with Crippen LogP contribution in [0.4, 0.5) is 4.79 Å². The van der Waals surface area contributed by atoms with Crippen molar-refractivity contribution in [1.82, 2.24) is 5.32 Å². The maximum absolute atomic E-state index is 12.4. The van der Waals surface area contributed by atoms with E-state index < -0.39 is 29.8 Å². The van der Waals surface area contributed by atoms with Crippen LogP contribution in [0, 0.1) is 11.8 Å². The minimum Gasteiger partial charge on any atom is -0.477 e. The fourth-order valence-corrected chi connectivity index (χ4v) is 3.09. The molecule has 10 nitrogen and oxygen atoms in total. The Morgan fingerprint density at radius 3 is 1.94 bits per heavy atom. The molecule has 10 heteroatoms. The van der Waals surface area contributed by atoms with E-state index in [1.807, 2.05) is 34.6 Å². The average Bonchev–Trinajstić information content (AvgIpc) is 2.73. The van der Waals surface area contributed by atoms with Crippen molar-refractivity contribution in [2.45, 2.75) is 79.0 Å². The van der Waals surface area contributed by atoms with Gasteiger partial charge in [0, 0.05) is 25.3 Å². The highest BCUT2D eigenvalue weighted by molar-refractivity contribution is 5.81. The van der Waals surface area contributed by atoms with Gasteiger partial charge >= 0.3 is 24.1 Å². The van der Waals surface area contributed by atoms with E-state index >= 15 is 0 Å². The zero-order chi connectivity index (χ0) is 26.8. The first-order chi connectivity index (χ1) is 16.3. The number of methoxy groups -OCH3 is 1. The normalized spacial score (nSPS) is 13.6. The predicted molar refractivity (Wildman–Crippen MR) is 127 cm³/mol. The van der Waals surface area contributed by atoms with E-state index in [1.54, 1.807) is 6.92 Å². The van der Waals surface area contributed by atoms with E-state index in [0.29, 0.717) is 12.0 Å². The molecule has 0 aliphatic heterocycles. The van der Waals surface area contributed by atoms with Crippen LogP contribution in [-0.4, -0.2) is 48.0 Å². The SMILES string of the molecule is CCC(C)N[C@@](Cc1ccc(OC(=O)CC(C)C)c(OC(=O)CC(C)C)c1)(OC(=O)OC)C(=O)O. The van der Waals surface area contributed by atoms with E-state index in [-0.39, 0.29) is 48.6 Å². The number of ether oxygens (including phenoxy) is 4. The predicted octanol–water partition coefficient (Wildman–Crippen LogP) is 4.08. The molecule has 0 fully saturated rings. The average molecular weight is 496 g/mol. The van der Waals surface area contributed by atoms with Crippen LogP contribution in [-0.2, 0) is 30.3 Å². The number of aliphatic carboxylic acids is 1. The third kappa shape index (κ3) is 9.94. The highest BCUT2D eigenvalue weighted by atomic mass is 16.7. The third-order valence-corrected chi connectivity index (χ3v) is 4.92. The molecule has 0 spiro atoms. The lowest BCUT2D eigenvalue weighted by Crippen LogP contribution is -2.59. The minimum absolute atomic E-state index is 0.0289. The Hall–Kier alpha value is -3.14. The summed E-state index contributed by atoms with van der Waals surface area (Å²) >= 11 is 0. The van der Waals surface area contributed by atoms with Gasteiger partial charge in [0.25, 0.3) is 5.72 Å². The van der Waals surface area contributed by atoms with Crippen LogP contribution in [0.25, 0.3) is 0 Å². The first-order valence-electron chi connectivity index (χ1n) is 11.6. The van der Waals surface area contributed by atoms with Crippen LogP contribution in [0.15, 0.2) is 18.2 Å². The number of carbonyl (C=O) groups is 4. The molecule has 2 atom stereocenters. The first-order valence-corrected chi connectivity index (χ1v) is 11.6. The van der Waals surface area contributed by atoms with Gasteiger partial charge < -0.3 is 24.1 Å².